The summed E-state index contributed by atoms with van der Waals surface area (Å²) in [5.41, 5.74) is 0.348. The Bertz CT molecular complexity index is 193. The third-order valence-corrected chi connectivity index (χ3v) is 3.67. The lowest BCUT2D eigenvalue weighted by Gasteiger charge is -2.12. The average Bonchev–Trinajstić information content (AvgIpc) is 2.96. The Kier molecular flexibility index (Phi) is 4.89. The molecule has 0 radical (unpaired) electrons. The molecule has 0 aromatic heterocycles. The lowest BCUT2D eigenvalue weighted by atomic mass is 10.1. The fraction of sp³-hybridized carbons (Fsp3) is 0.900. The van der Waals surface area contributed by atoms with E-state index in [1.165, 1.54) is 12.8 Å². The van der Waals surface area contributed by atoms with Gasteiger partial charge >= 0.3 is 0 Å². The minimum atomic E-state index is 0.00525. The highest BCUT2D eigenvalue weighted by Crippen LogP contribution is 2.46. The first-order chi connectivity index (χ1) is 6.72. The molecule has 0 aliphatic heterocycles. The molecule has 0 bridgehead atoms. The van der Waals surface area contributed by atoms with Crippen molar-refractivity contribution in [3.05, 3.63) is 0 Å². The van der Waals surface area contributed by atoms with E-state index in [9.17, 15) is 4.79 Å². The molecule has 1 rings (SSSR count). The summed E-state index contributed by atoms with van der Waals surface area (Å²) in [6, 6.07) is 0. The second kappa shape index (κ2) is 5.71. The predicted molar refractivity (Wildman–Crippen MR) is 59.6 cm³/mol. The van der Waals surface area contributed by atoms with Crippen molar-refractivity contribution in [1.29, 1.82) is 0 Å². The van der Waals surface area contributed by atoms with Crippen LogP contribution in [0.15, 0.2) is 0 Å². The van der Waals surface area contributed by atoms with Crippen molar-refractivity contribution in [3.63, 3.8) is 0 Å². The third kappa shape index (κ3) is 3.96. The minimum Gasteiger partial charge on any atom is -0.372 e. The molecular weight excluding hydrogens is 246 g/mol. The standard InChI is InChI=1S/C10H18BrNO2/c1-2-5-14-6-9(13)12-8-10(7-11)3-4-10/h2-8H2,1H3,(H,12,13). The number of ether oxygens (including phenoxy) is 1. The molecule has 0 unspecified atom stereocenters. The van der Waals surface area contributed by atoms with Crippen molar-refractivity contribution in [2.24, 2.45) is 5.41 Å². The van der Waals surface area contributed by atoms with Crippen LogP contribution in [0.1, 0.15) is 26.2 Å². The second-order valence-corrected chi connectivity index (χ2v) is 4.52. The zero-order valence-electron chi connectivity index (χ0n) is 8.64. The quantitative estimate of drug-likeness (QED) is 0.561. The van der Waals surface area contributed by atoms with Crippen LogP contribution in [-0.2, 0) is 9.53 Å². The lowest BCUT2D eigenvalue weighted by molar-refractivity contribution is -0.125. The first-order valence-electron chi connectivity index (χ1n) is 5.13. The number of nitrogens with one attached hydrogen (secondary N) is 1. The maximum absolute atomic E-state index is 11.3. The van der Waals surface area contributed by atoms with E-state index in [2.05, 4.69) is 21.2 Å². The molecule has 1 saturated carbocycles. The summed E-state index contributed by atoms with van der Waals surface area (Å²) in [7, 11) is 0. The number of carbonyl (C=O) groups is 1. The van der Waals surface area contributed by atoms with E-state index in [4.69, 9.17) is 4.74 Å². The fourth-order valence-electron chi connectivity index (χ4n) is 1.18. The first kappa shape index (κ1) is 12.0. The second-order valence-electron chi connectivity index (χ2n) is 3.96. The van der Waals surface area contributed by atoms with Crippen LogP contribution in [0.4, 0.5) is 0 Å². The summed E-state index contributed by atoms with van der Waals surface area (Å²) in [6.07, 6.45) is 3.39. The Labute approximate surface area is 93.7 Å². The monoisotopic (exact) mass is 263 g/mol. The number of amides is 1. The summed E-state index contributed by atoms with van der Waals surface area (Å²) in [4.78, 5) is 11.3. The largest absolute Gasteiger partial charge is 0.372 e. The van der Waals surface area contributed by atoms with Crippen molar-refractivity contribution >= 4 is 21.8 Å². The van der Waals surface area contributed by atoms with Crippen molar-refractivity contribution in [3.8, 4) is 0 Å². The molecule has 1 aliphatic carbocycles. The lowest BCUT2D eigenvalue weighted by Crippen LogP contribution is -2.33. The normalized spacial score (nSPS) is 17.9. The number of hydrogen-bond acceptors (Lipinski definition) is 2. The van der Waals surface area contributed by atoms with Crippen molar-refractivity contribution in [2.45, 2.75) is 26.2 Å². The Morgan fingerprint density at radius 2 is 2.29 bits per heavy atom. The van der Waals surface area contributed by atoms with E-state index in [0.29, 0.717) is 12.0 Å². The van der Waals surface area contributed by atoms with Gasteiger partial charge in [0, 0.05) is 18.5 Å². The zero-order valence-corrected chi connectivity index (χ0v) is 10.2. The van der Waals surface area contributed by atoms with Gasteiger partial charge < -0.3 is 10.1 Å². The number of alkyl halides is 1. The van der Waals surface area contributed by atoms with Gasteiger partial charge in [0.05, 0.1) is 0 Å². The fourth-order valence-corrected chi connectivity index (χ4v) is 1.94. The van der Waals surface area contributed by atoms with Gasteiger partial charge in [-0.05, 0) is 24.7 Å². The number of hydrogen-bond donors (Lipinski definition) is 1. The molecule has 4 heteroatoms. The van der Waals surface area contributed by atoms with Crippen LogP contribution >= 0.6 is 15.9 Å². The Balaban J connectivity index is 2.03. The number of halogens is 1. The smallest absolute Gasteiger partial charge is 0.246 e. The van der Waals surface area contributed by atoms with Crippen LogP contribution in [0.2, 0.25) is 0 Å². The van der Waals surface area contributed by atoms with Gasteiger partial charge in [0.2, 0.25) is 5.91 Å². The molecular formula is C10H18BrNO2. The van der Waals surface area contributed by atoms with Gasteiger partial charge in [-0.2, -0.15) is 0 Å². The highest BCUT2D eigenvalue weighted by Gasteiger charge is 2.41. The van der Waals surface area contributed by atoms with Crippen LogP contribution in [-0.4, -0.2) is 31.0 Å². The van der Waals surface area contributed by atoms with Gasteiger partial charge in [0.1, 0.15) is 6.61 Å². The van der Waals surface area contributed by atoms with E-state index in [1.807, 2.05) is 6.92 Å². The molecule has 0 aromatic rings. The highest BCUT2D eigenvalue weighted by molar-refractivity contribution is 9.09. The van der Waals surface area contributed by atoms with E-state index >= 15 is 0 Å². The van der Waals surface area contributed by atoms with E-state index < -0.39 is 0 Å². The van der Waals surface area contributed by atoms with Crippen LogP contribution in [0, 0.1) is 5.41 Å². The molecule has 14 heavy (non-hydrogen) atoms. The van der Waals surface area contributed by atoms with Crippen LogP contribution in [0.25, 0.3) is 0 Å². The van der Waals surface area contributed by atoms with Gasteiger partial charge in [-0.15, -0.1) is 0 Å². The van der Waals surface area contributed by atoms with E-state index in [0.717, 1.165) is 18.3 Å². The van der Waals surface area contributed by atoms with Crippen molar-refractivity contribution in [2.75, 3.05) is 25.1 Å². The van der Waals surface area contributed by atoms with Gasteiger partial charge in [-0.1, -0.05) is 22.9 Å². The summed E-state index contributed by atoms with van der Waals surface area (Å²) < 4.78 is 5.14. The summed E-state index contributed by atoms with van der Waals surface area (Å²) in [5.74, 6) is 0.00525. The van der Waals surface area contributed by atoms with Gasteiger partial charge in [-0.25, -0.2) is 0 Å². The summed E-state index contributed by atoms with van der Waals surface area (Å²) in [5, 5.41) is 3.88. The minimum absolute atomic E-state index is 0.00525. The molecule has 82 valence electrons. The predicted octanol–water partition coefficient (Wildman–Crippen LogP) is 1.70. The molecule has 0 atom stereocenters. The van der Waals surface area contributed by atoms with Crippen LogP contribution < -0.4 is 5.32 Å². The Morgan fingerprint density at radius 1 is 1.57 bits per heavy atom. The van der Waals surface area contributed by atoms with Crippen LogP contribution in [0.3, 0.4) is 0 Å². The van der Waals surface area contributed by atoms with Crippen molar-refractivity contribution in [1.82, 2.24) is 5.32 Å². The van der Waals surface area contributed by atoms with Crippen molar-refractivity contribution < 1.29 is 9.53 Å². The molecule has 1 aliphatic rings. The first-order valence-corrected chi connectivity index (χ1v) is 6.25. The molecule has 0 aromatic carbocycles. The SMILES string of the molecule is CCCOCC(=O)NCC1(CBr)CC1. The Morgan fingerprint density at radius 3 is 2.79 bits per heavy atom. The molecule has 1 fully saturated rings. The third-order valence-electron chi connectivity index (χ3n) is 2.48. The summed E-state index contributed by atoms with van der Waals surface area (Å²) >= 11 is 3.46. The highest BCUT2D eigenvalue weighted by atomic mass is 79.9. The van der Waals surface area contributed by atoms with Crippen LogP contribution in [0.5, 0.6) is 0 Å². The number of carbonyl (C=O) groups excluding carboxylic acids is 1. The van der Waals surface area contributed by atoms with E-state index in [-0.39, 0.29) is 12.5 Å². The zero-order chi connectivity index (χ0) is 10.4. The molecule has 1 amide bonds. The Hall–Kier alpha value is -0.0900. The van der Waals surface area contributed by atoms with Gasteiger partial charge in [-0.3, -0.25) is 4.79 Å². The molecule has 3 nitrogen and oxygen atoms in total. The maximum atomic E-state index is 11.3. The molecule has 0 spiro atoms. The molecule has 1 N–H and O–H groups in total. The number of rotatable bonds is 7. The molecule has 0 saturated heterocycles. The van der Waals surface area contributed by atoms with Gasteiger partial charge in [0.15, 0.2) is 0 Å². The van der Waals surface area contributed by atoms with Gasteiger partial charge in [0.25, 0.3) is 0 Å². The summed E-state index contributed by atoms with van der Waals surface area (Å²) in [6.45, 7) is 3.68. The topological polar surface area (TPSA) is 38.3 Å². The average molecular weight is 264 g/mol. The maximum Gasteiger partial charge on any atom is 0.246 e. The van der Waals surface area contributed by atoms with E-state index in [1.54, 1.807) is 0 Å². The molecule has 0 heterocycles.